The Hall–Kier alpha value is -2.51. The first-order chi connectivity index (χ1) is 14.7. The number of rotatable bonds is 5. The molecule has 1 heterocycles. The number of hydrogen-bond acceptors (Lipinski definition) is 4. The van der Waals surface area contributed by atoms with E-state index in [4.69, 9.17) is 15.2 Å². The zero-order chi connectivity index (χ0) is 20.8. The summed E-state index contributed by atoms with van der Waals surface area (Å²) in [5.41, 5.74) is 8.09. The second-order valence-electron chi connectivity index (χ2n) is 8.66. The highest BCUT2D eigenvalue weighted by molar-refractivity contribution is 5.49. The van der Waals surface area contributed by atoms with Crippen molar-refractivity contribution in [2.75, 3.05) is 13.7 Å². The quantitative estimate of drug-likeness (QED) is 0.724. The zero-order valence-electron chi connectivity index (χ0n) is 17.9. The molecule has 2 saturated carbocycles. The smallest absolute Gasteiger partial charge is 0.161 e. The number of benzene rings is 1. The summed E-state index contributed by atoms with van der Waals surface area (Å²) in [7, 11) is 1.71. The van der Waals surface area contributed by atoms with Gasteiger partial charge in [-0.05, 0) is 87.2 Å². The molecule has 0 spiro atoms. The van der Waals surface area contributed by atoms with E-state index in [0.717, 1.165) is 49.2 Å². The Labute approximate surface area is 180 Å². The number of ether oxygens (including phenoxy) is 2. The molecule has 30 heavy (non-hydrogen) atoms. The summed E-state index contributed by atoms with van der Waals surface area (Å²) in [4.78, 5) is 4.11. The number of pyridine rings is 1. The third kappa shape index (κ3) is 4.63. The third-order valence-electron chi connectivity index (χ3n) is 6.62. The molecule has 4 nitrogen and oxygen atoms in total. The summed E-state index contributed by atoms with van der Waals surface area (Å²) in [6, 6.07) is 10.3. The van der Waals surface area contributed by atoms with Crippen LogP contribution < -0.4 is 15.2 Å². The van der Waals surface area contributed by atoms with Gasteiger partial charge < -0.3 is 15.2 Å². The van der Waals surface area contributed by atoms with Gasteiger partial charge in [-0.3, -0.25) is 4.98 Å². The normalized spacial score (nSPS) is 24.1. The van der Waals surface area contributed by atoms with E-state index in [1.807, 2.05) is 18.2 Å². The van der Waals surface area contributed by atoms with Gasteiger partial charge in [0, 0.05) is 18.0 Å². The minimum absolute atomic E-state index is 0.217. The van der Waals surface area contributed by atoms with Crippen LogP contribution in [0.4, 0.5) is 0 Å². The molecule has 4 rings (SSSR count). The van der Waals surface area contributed by atoms with E-state index in [-0.39, 0.29) is 11.5 Å². The molecule has 1 aromatic carbocycles. The highest BCUT2D eigenvalue weighted by Gasteiger charge is 2.37. The molecule has 2 aromatic rings. The summed E-state index contributed by atoms with van der Waals surface area (Å²) < 4.78 is 12.0. The van der Waals surface area contributed by atoms with Crippen molar-refractivity contribution in [3.8, 4) is 23.3 Å². The van der Waals surface area contributed by atoms with Gasteiger partial charge in [0.05, 0.1) is 18.6 Å². The highest BCUT2D eigenvalue weighted by Crippen LogP contribution is 2.44. The van der Waals surface area contributed by atoms with Gasteiger partial charge in [0.2, 0.25) is 0 Å². The number of nitrogens with zero attached hydrogens (tertiary/aromatic N) is 1. The lowest BCUT2D eigenvalue weighted by Gasteiger charge is -2.38. The van der Waals surface area contributed by atoms with E-state index in [9.17, 15) is 0 Å². The zero-order valence-corrected chi connectivity index (χ0v) is 17.9. The Morgan fingerprint density at radius 1 is 1.07 bits per heavy atom. The van der Waals surface area contributed by atoms with Crippen molar-refractivity contribution in [1.82, 2.24) is 4.98 Å². The van der Waals surface area contributed by atoms with Crippen LogP contribution in [0.15, 0.2) is 42.7 Å². The molecule has 0 saturated heterocycles. The lowest BCUT2D eigenvalue weighted by Crippen LogP contribution is -2.34. The summed E-state index contributed by atoms with van der Waals surface area (Å²) in [5.74, 6) is 9.22. The van der Waals surface area contributed by atoms with Crippen LogP contribution in [0, 0.1) is 17.8 Å². The molecule has 0 amide bonds. The Morgan fingerprint density at radius 3 is 2.60 bits per heavy atom. The molecule has 2 atom stereocenters. The summed E-state index contributed by atoms with van der Waals surface area (Å²) >= 11 is 0. The molecule has 2 aliphatic carbocycles. The first-order valence-electron chi connectivity index (χ1n) is 11.2. The molecule has 2 N–H and O–H groups in total. The van der Waals surface area contributed by atoms with Crippen LogP contribution >= 0.6 is 0 Å². The minimum atomic E-state index is -0.217. The van der Waals surface area contributed by atoms with Crippen LogP contribution in [-0.4, -0.2) is 24.7 Å². The van der Waals surface area contributed by atoms with Gasteiger partial charge in [0.1, 0.15) is 0 Å². The average molecular weight is 405 g/mol. The van der Waals surface area contributed by atoms with E-state index in [1.165, 1.54) is 24.8 Å². The predicted octanol–water partition coefficient (Wildman–Crippen LogP) is 4.85. The number of nitrogens with two attached hydrogens (primary N) is 1. The summed E-state index contributed by atoms with van der Waals surface area (Å²) in [5, 5.41) is 0. The third-order valence-corrected chi connectivity index (χ3v) is 6.62. The summed E-state index contributed by atoms with van der Waals surface area (Å²) in [6.45, 7) is 0.709. The Bertz CT molecular complexity index is 896. The van der Waals surface area contributed by atoms with Crippen LogP contribution in [0.1, 0.15) is 62.5 Å². The van der Waals surface area contributed by atoms with Crippen LogP contribution in [0.2, 0.25) is 0 Å². The maximum Gasteiger partial charge on any atom is 0.161 e. The van der Waals surface area contributed by atoms with Gasteiger partial charge >= 0.3 is 0 Å². The van der Waals surface area contributed by atoms with Crippen molar-refractivity contribution in [3.05, 3.63) is 53.9 Å². The molecule has 0 aliphatic heterocycles. The Kier molecular flexibility index (Phi) is 6.59. The van der Waals surface area contributed by atoms with Crippen molar-refractivity contribution >= 4 is 0 Å². The van der Waals surface area contributed by atoms with Crippen molar-refractivity contribution in [2.24, 2.45) is 11.7 Å². The first kappa shape index (κ1) is 20.8. The number of hydrogen-bond donors (Lipinski definition) is 1. The lowest BCUT2D eigenvalue weighted by molar-refractivity contribution is 0.199. The molecule has 2 unspecified atom stereocenters. The van der Waals surface area contributed by atoms with Gasteiger partial charge in [0.15, 0.2) is 11.5 Å². The molecule has 158 valence electrons. The molecule has 2 aliphatic rings. The first-order valence-corrected chi connectivity index (χ1v) is 11.2. The van der Waals surface area contributed by atoms with E-state index < -0.39 is 0 Å². The second kappa shape index (κ2) is 9.53. The number of methoxy groups -OCH3 is 1. The van der Waals surface area contributed by atoms with Crippen LogP contribution in [0.5, 0.6) is 11.5 Å². The molecule has 0 radical (unpaired) electrons. The average Bonchev–Trinajstić information content (AvgIpc) is 3.31. The molecule has 1 aromatic heterocycles. The van der Waals surface area contributed by atoms with Crippen molar-refractivity contribution in [2.45, 2.75) is 62.9 Å². The van der Waals surface area contributed by atoms with Crippen molar-refractivity contribution < 1.29 is 9.47 Å². The molecular weight excluding hydrogens is 372 g/mol. The van der Waals surface area contributed by atoms with Crippen LogP contribution in [0.25, 0.3) is 0 Å². The maximum absolute atomic E-state index is 6.38. The van der Waals surface area contributed by atoms with Crippen LogP contribution in [-0.2, 0) is 5.41 Å². The van der Waals surface area contributed by atoms with E-state index in [1.54, 1.807) is 19.5 Å². The Morgan fingerprint density at radius 2 is 1.87 bits per heavy atom. The van der Waals surface area contributed by atoms with Gasteiger partial charge in [-0.1, -0.05) is 24.3 Å². The van der Waals surface area contributed by atoms with Gasteiger partial charge in [-0.2, -0.15) is 0 Å². The fraction of sp³-hybridized carbons (Fsp3) is 0.500. The minimum Gasteiger partial charge on any atom is -0.493 e. The number of aromatic nitrogens is 1. The standard InChI is InChI=1S/C26H32N2O2/c1-29-24-9-8-22(17-25(24)30-23-6-2-3-7-23)26(13-4-5-21(18-26)19-27)14-10-20-11-15-28-16-12-20/h8-9,11-12,15-17,21,23H,2-7,13,18-19,27H2,1H3. The second-order valence-corrected chi connectivity index (χ2v) is 8.66. The lowest BCUT2D eigenvalue weighted by atomic mass is 9.66. The largest absolute Gasteiger partial charge is 0.493 e. The Balaban J connectivity index is 1.72. The van der Waals surface area contributed by atoms with Crippen molar-refractivity contribution in [1.29, 1.82) is 0 Å². The van der Waals surface area contributed by atoms with Gasteiger partial charge in [0.25, 0.3) is 0 Å². The van der Waals surface area contributed by atoms with Crippen molar-refractivity contribution in [3.63, 3.8) is 0 Å². The predicted molar refractivity (Wildman–Crippen MR) is 120 cm³/mol. The van der Waals surface area contributed by atoms with E-state index in [2.05, 4.69) is 29.0 Å². The molecule has 4 heteroatoms. The highest BCUT2D eigenvalue weighted by atomic mass is 16.5. The summed E-state index contributed by atoms with van der Waals surface area (Å²) in [6.07, 6.45) is 12.9. The topological polar surface area (TPSA) is 57.4 Å². The van der Waals surface area contributed by atoms with Gasteiger partial charge in [-0.15, -0.1) is 0 Å². The van der Waals surface area contributed by atoms with E-state index >= 15 is 0 Å². The SMILES string of the molecule is COc1ccc(C2(C#Cc3ccncc3)CCCC(CN)C2)cc1OC1CCCC1. The monoisotopic (exact) mass is 404 g/mol. The molecule has 0 bridgehead atoms. The van der Waals surface area contributed by atoms with E-state index in [0.29, 0.717) is 12.5 Å². The molecular formula is C26H32N2O2. The fourth-order valence-corrected chi connectivity index (χ4v) is 4.92. The van der Waals surface area contributed by atoms with Crippen LogP contribution in [0.3, 0.4) is 0 Å². The maximum atomic E-state index is 6.38. The molecule has 2 fully saturated rings. The fourth-order valence-electron chi connectivity index (χ4n) is 4.92. The van der Waals surface area contributed by atoms with Gasteiger partial charge in [-0.25, -0.2) is 0 Å².